The fourth-order valence-corrected chi connectivity index (χ4v) is 4.15. The Balaban J connectivity index is 1.71. The highest BCUT2D eigenvalue weighted by atomic mass is 16.5. The molecule has 1 saturated carbocycles. The Morgan fingerprint density at radius 2 is 2.00 bits per heavy atom. The van der Waals surface area contributed by atoms with Crippen LogP contribution in [0.5, 0.6) is 0 Å². The van der Waals surface area contributed by atoms with Gasteiger partial charge in [0.2, 0.25) is 11.8 Å². The van der Waals surface area contributed by atoms with Crippen molar-refractivity contribution in [3.63, 3.8) is 0 Å². The van der Waals surface area contributed by atoms with Crippen LogP contribution in [0.1, 0.15) is 57.1 Å². The van der Waals surface area contributed by atoms with Gasteiger partial charge in [0.25, 0.3) is 0 Å². The van der Waals surface area contributed by atoms with Gasteiger partial charge >= 0.3 is 0 Å². The van der Waals surface area contributed by atoms with Crippen molar-refractivity contribution in [3.05, 3.63) is 47.5 Å². The molecule has 154 valence electrons. The number of aryl methyl sites for hydroxylation is 1. The van der Waals surface area contributed by atoms with Gasteiger partial charge in [0, 0.05) is 25.4 Å². The summed E-state index contributed by atoms with van der Waals surface area (Å²) in [6.45, 7) is 11.4. The average molecular weight is 387 g/mol. The quantitative estimate of drug-likeness (QED) is 0.503. The Morgan fingerprint density at radius 1 is 1.29 bits per heavy atom. The van der Waals surface area contributed by atoms with Crippen LogP contribution in [0.2, 0.25) is 0 Å². The Morgan fingerprint density at radius 3 is 2.64 bits per heavy atom. The van der Waals surface area contributed by atoms with E-state index in [-0.39, 0.29) is 17.4 Å². The Hall–Kier alpha value is -2.14. The van der Waals surface area contributed by atoms with E-state index in [9.17, 15) is 9.59 Å². The molecule has 0 radical (unpaired) electrons. The Bertz CT molecular complexity index is 680. The number of amides is 2. The van der Waals surface area contributed by atoms with Crippen molar-refractivity contribution in [2.24, 2.45) is 5.92 Å². The molecule has 2 N–H and O–H groups in total. The molecule has 0 aromatic heterocycles. The summed E-state index contributed by atoms with van der Waals surface area (Å²) in [7, 11) is 0. The SMILES string of the molecule is C=C1CC(C)CC(CCC(=O)NCCOCc2ccc(C)cc2)(NC(C)=O)C1. The first kappa shape index (κ1) is 22.2. The number of ether oxygens (including phenoxy) is 1. The number of rotatable bonds is 9. The van der Waals surface area contributed by atoms with Crippen LogP contribution in [0.3, 0.4) is 0 Å². The number of nitrogens with one attached hydrogen (secondary N) is 2. The van der Waals surface area contributed by atoms with E-state index in [4.69, 9.17) is 4.74 Å². The zero-order valence-corrected chi connectivity index (χ0v) is 17.5. The van der Waals surface area contributed by atoms with Crippen molar-refractivity contribution in [2.45, 2.75) is 65.0 Å². The molecule has 2 amide bonds. The van der Waals surface area contributed by atoms with E-state index in [0.29, 0.717) is 38.5 Å². The molecule has 1 aromatic rings. The predicted octanol–water partition coefficient (Wildman–Crippen LogP) is 3.66. The maximum Gasteiger partial charge on any atom is 0.220 e. The Kier molecular flexibility index (Phi) is 8.24. The zero-order valence-electron chi connectivity index (χ0n) is 17.5. The lowest BCUT2D eigenvalue weighted by Gasteiger charge is -2.41. The molecule has 5 heteroatoms. The molecule has 1 aliphatic carbocycles. The molecule has 1 aliphatic rings. The van der Waals surface area contributed by atoms with Crippen molar-refractivity contribution in [1.29, 1.82) is 0 Å². The predicted molar refractivity (Wildman–Crippen MR) is 112 cm³/mol. The lowest BCUT2D eigenvalue weighted by atomic mass is 9.72. The summed E-state index contributed by atoms with van der Waals surface area (Å²) in [4.78, 5) is 23.9. The molecule has 1 fully saturated rings. The second-order valence-corrected chi connectivity index (χ2v) is 8.29. The highest BCUT2D eigenvalue weighted by Gasteiger charge is 2.37. The molecule has 0 heterocycles. The molecular weight excluding hydrogens is 352 g/mol. The highest BCUT2D eigenvalue weighted by molar-refractivity contribution is 5.76. The first-order valence-corrected chi connectivity index (χ1v) is 10.1. The van der Waals surface area contributed by atoms with Crippen LogP contribution in [0.4, 0.5) is 0 Å². The lowest BCUT2D eigenvalue weighted by molar-refractivity contribution is -0.124. The summed E-state index contributed by atoms with van der Waals surface area (Å²) in [5.74, 6) is 0.408. The van der Waals surface area contributed by atoms with Gasteiger partial charge in [0.05, 0.1) is 13.2 Å². The van der Waals surface area contributed by atoms with E-state index in [0.717, 1.165) is 30.4 Å². The first-order valence-electron chi connectivity index (χ1n) is 10.1. The van der Waals surface area contributed by atoms with Crippen LogP contribution in [0.25, 0.3) is 0 Å². The summed E-state index contributed by atoms with van der Waals surface area (Å²) in [5, 5.41) is 6.02. The summed E-state index contributed by atoms with van der Waals surface area (Å²) >= 11 is 0. The molecule has 2 rings (SSSR count). The van der Waals surface area contributed by atoms with E-state index in [1.807, 2.05) is 0 Å². The van der Waals surface area contributed by atoms with Gasteiger partial charge in [-0.1, -0.05) is 48.9 Å². The maximum absolute atomic E-state index is 12.2. The van der Waals surface area contributed by atoms with E-state index < -0.39 is 0 Å². The second kappa shape index (κ2) is 10.4. The van der Waals surface area contributed by atoms with Gasteiger partial charge in [-0.05, 0) is 44.1 Å². The molecular formula is C23H34N2O3. The summed E-state index contributed by atoms with van der Waals surface area (Å²) < 4.78 is 5.62. The van der Waals surface area contributed by atoms with Gasteiger partial charge in [-0.2, -0.15) is 0 Å². The molecule has 28 heavy (non-hydrogen) atoms. The van der Waals surface area contributed by atoms with Crippen molar-refractivity contribution in [2.75, 3.05) is 13.2 Å². The first-order chi connectivity index (χ1) is 13.3. The summed E-state index contributed by atoms with van der Waals surface area (Å²) in [5.41, 5.74) is 3.15. The molecule has 1 aromatic carbocycles. The third-order valence-corrected chi connectivity index (χ3v) is 5.19. The van der Waals surface area contributed by atoms with Crippen LogP contribution in [-0.4, -0.2) is 30.5 Å². The maximum atomic E-state index is 12.2. The molecule has 2 atom stereocenters. The lowest BCUT2D eigenvalue weighted by Crippen LogP contribution is -2.51. The van der Waals surface area contributed by atoms with E-state index in [2.05, 4.69) is 55.3 Å². The van der Waals surface area contributed by atoms with E-state index in [1.165, 1.54) is 12.5 Å². The monoisotopic (exact) mass is 386 g/mol. The molecule has 0 saturated heterocycles. The highest BCUT2D eigenvalue weighted by Crippen LogP contribution is 2.37. The molecule has 2 unspecified atom stereocenters. The van der Waals surface area contributed by atoms with E-state index in [1.54, 1.807) is 0 Å². The van der Waals surface area contributed by atoms with Gasteiger partial charge in [0.15, 0.2) is 0 Å². The molecule has 5 nitrogen and oxygen atoms in total. The van der Waals surface area contributed by atoms with Crippen LogP contribution < -0.4 is 10.6 Å². The molecule has 0 spiro atoms. The minimum Gasteiger partial charge on any atom is -0.375 e. The van der Waals surface area contributed by atoms with Crippen molar-refractivity contribution in [1.82, 2.24) is 10.6 Å². The standard InChI is InChI=1S/C23H34N2O3/c1-17-5-7-21(8-6-17)16-28-12-11-24-22(27)9-10-23(25-20(4)26)14-18(2)13-19(3)15-23/h5-8,19H,2,9-16H2,1,3-4H3,(H,24,27)(H,25,26). The third kappa shape index (κ3) is 7.47. The van der Waals surface area contributed by atoms with Crippen LogP contribution >= 0.6 is 0 Å². The van der Waals surface area contributed by atoms with Gasteiger partial charge < -0.3 is 15.4 Å². The smallest absolute Gasteiger partial charge is 0.220 e. The van der Waals surface area contributed by atoms with Crippen LogP contribution in [0.15, 0.2) is 36.4 Å². The summed E-state index contributed by atoms with van der Waals surface area (Å²) in [6.07, 6.45) is 3.65. The van der Waals surface area contributed by atoms with Gasteiger partial charge in [0.1, 0.15) is 0 Å². The van der Waals surface area contributed by atoms with Gasteiger partial charge in [-0.25, -0.2) is 0 Å². The number of hydrogen-bond donors (Lipinski definition) is 2. The average Bonchev–Trinajstić information content (AvgIpc) is 2.60. The topological polar surface area (TPSA) is 67.4 Å². The Labute approximate surface area is 168 Å². The van der Waals surface area contributed by atoms with Gasteiger partial charge in [-0.3, -0.25) is 9.59 Å². The molecule has 0 bridgehead atoms. The van der Waals surface area contributed by atoms with Crippen molar-refractivity contribution in [3.8, 4) is 0 Å². The third-order valence-electron chi connectivity index (χ3n) is 5.19. The van der Waals surface area contributed by atoms with Crippen LogP contribution in [-0.2, 0) is 20.9 Å². The normalized spacial score (nSPS) is 22.0. The summed E-state index contributed by atoms with van der Waals surface area (Å²) in [6, 6.07) is 8.22. The number of carbonyl (C=O) groups excluding carboxylic acids is 2. The fraction of sp³-hybridized carbons (Fsp3) is 0.565. The minimum absolute atomic E-state index is 0.00694. The number of carbonyl (C=O) groups is 2. The second-order valence-electron chi connectivity index (χ2n) is 8.29. The number of hydrogen-bond acceptors (Lipinski definition) is 3. The molecule has 0 aliphatic heterocycles. The van der Waals surface area contributed by atoms with Crippen molar-refractivity contribution < 1.29 is 14.3 Å². The van der Waals surface area contributed by atoms with E-state index >= 15 is 0 Å². The fourth-order valence-electron chi connectivity index (χ4n) is 4.15. The minimum atomic E-state index is -0.347. The zero-order chi connectivity index (χ0) is 20.6. The number of benzene rings is 1. The van der Waals surface area contributed by atoms with Crippen LogP contribution in [0, 0.1) is 12.8 Å². The van der Waals surface area contributed by atoms with Gasteiger partial charge in [-0.15, -0.1) is 0 Å². The largest absolute Gasteiger partial charge is 0.375 e. The van der Waals surface area contributed by atoms with Crippen molar-refractivity contribution >= 4 is 11.8 Å².